The molecule has 0 saturated heterocycles. The summed E-state index contributed by atoms with van der Waals surface area (Å²) in [6.07, 6.45) is 8.69. The lowest BCUT2D eigenvalue weighted by atomic mass is 10.0. The smallest absolute Gasteiger partial charge is 0.353 e. The Labute approximate surface area is 151 Å². The van der Waals surface area contributed by atoms with Crippen molar-refractivity contribution in [3.63, 3.8) is 0 Å². The van der Waals surface area contributed by atoms with Crippen LogP contribution in [0.2, 0.25) is 0 Å². The summed E-state index contributed by atoms with van der Waals surface area (Å²) in [5.74, 6) is -0.957. The zero-order valence-electron chi connectivity index (χ0n) is 15.4. The van der Waals surface area contributed by atoms with Gasteiger partial charge < -0.3 is 14.7 Å². The number of ether oxygens (including phenoxy) is 1. The molecule has 1 aromatic rings. The first-order chi connectivity index (χ1) is 12.2. The van der Waals surface area contributed by atoms with Gasteiger partial charge >= 0.3 is 5.97 Å². The molecule has 140 valence electrons. The van der Waals surface area contributed by atoms with Crippen LogP contribution in [0.4, 0.5) is 0 Å². The van der Waals surface area contributed by atoms with E-state index < -0.39 is 5.97 Å². The molecule has 5 heteroatoms. The van der Waals surface area contributed by atoms with Crippen LogP contribution in [0.3, 0.4) is 0 Å². The molecule has 25 heavy (non-hydrogen) atoms. The number of aliphatic carboxylic acids is 1. The molecule has 2 rings (SSSR count). The van der Waals surface area contributed by atoms with Crippen molar-refractivity contribution >= 4 is 11.7 Å². The fourth-order valence-electron chi connectivity index (χ4n) is 2.59. The van der Waals surface area contributed by atoms with Crippen LogP contribution in [0.1, 0.15) is 63.9 Å². The van der Waals surface area contributed by atoms with Gasteiger partial charge in [-0.25, -0.2) is 4.79 Å². The van der Waals surface area contributed by atoms with Gasteiger partial charge in [-0.2, -0.15) is 0 Å². The zero-order valence-corrected chi connectivity index (χ0v) is 15.4. The summed E-state index contributed by atoms with van der Waals surface area (Å²) < 4.78 is 4.93. The maximum absolute atomic E-state index is 10.6. The molecule has 5 nitrogen and oxygen atoms in total. The van der Waals surface area contributed by atoms with Crippen LogP contribution >= 0.6 is 0 Å². The Morgan fingerprint density at radius 3 is 2.52 bits per heavy atom. The fraction of sp³-hybridized carbons (Fsp3) is 0.600. The number of methoxy groups -OCH3 is 1. The van der Waals surface area contributed by atoms with E-state index in [0.717, 1.165) is 19.3 Å². The highest BCUT2D eigenvalue weighted by molar-refractivity contribution is 6.35. The summed E-state index contributed by atoms with van der Waals surface area (Å²) in [5, 5.41) is 12.3. The van der Waals surface area contributed by atoms with E-state index in [1.807, 2.05) is 30.3 Å². The Bertz CT molecular complexity index is 502. The van der Waals surface area contributed by atoms with Gasteiger partial charge in [-0.05, 0) is 24.8 Å². The minimum Gasteiger partial charge on any atom is -0.477 e. The van der Waals surface area contributed by atoms with Crippen molar-refractivity contribution in [3.8, 4) is 0 Å². The van der Waals surface area contributed by atoms with Gasteiger partial charge in [0.15, 0.2) is 5.71 Å². The first-order valence-electron chi connectivity index (χ1n) is 9.16. The van der Waals surface area contributed by atoms with Crippen molar-refractivity contribution in [1.82, 2.24) is 0 Å². The SMILES string of the molecule is CCCCCCCC1CCC(C(=O)O)=NO1.COCc1ccccc1. The Kier molecular flexibility index (Phi) is 11.4. The highest BCUT2D eigenvalue weighted by Gasteiger charge is 2.20. The Hall–Kier alpha value is -1.88. The summed E-state index contributed by atoms with van der Waals surface area (Å²) in [6, 6.07) is 10.1. The van der Waals surface area contributed by atoms with Crippen LogP contribution in [-0.4, -0.2) is 30.0 Å². The maximum atomic E-state index is 10.6. The molecule has 0 bridgehead atoms. The quantitative estimate of drug-likeness (QED) is 0.650. The summed E-state index contributed by atoms with van der Waals surface area (Å²) in [5.41, 5.74) is 1.38. The second kappa shape index (κ2) is 13.4. The average molecular weight is 349 g/mol. The lowest BCUT2D eigenvalue weighted by molar-refractivity contribution is -0.130. The van der Waals surface area contributed by atoms with Gasteiger partial charge in [-0.15, -0.1) is 0 Å². The molecule has 0 amide bonds. The fourth-order valence-corrected chi connectivity index (χ4v) is 2.59. The average Bonchev–Trinajstić information content (AvgIpc) is 2.64. The monoisotopic (exact) mass is 349 g/mol. The van der Waals surface area contributed by atoms with Gasteiger partial charge in [0.2, 0.25) is 0 Å². The van der Waals surface area contributed by atoms with Crippen molar-refractivity contribution in [3.05, 3.63) is 35.9 Å². The predicted octanol–water partition coefficient (Wildman–Crippen LogP) is 4.80. The Morgan fingerprint density at radius 2 is 1.96 bits per heavy atom. The zero-order chi connectivity index (χ0) is 18.3. The van der Waals surface area contributed by atoms with E-state index in [1.54, 1.807) is 7.11 Å². The van der Waals surface area contributed by atoms with Crippen LogP contribution < -0.4 is 0 Å². The number of carboxylic acid groups (broad SMARTS) is 1. The van der Waals surface area contributed by atoms with Crippen molar-refractivity contribution in [2.24, 2.45) is 5.16 Å². The van der Waals surface area contributed by atoms with Gasteiger partial charge in [0.1, 0.15) is 6.10 Å². The molecular formula is C20H31NO4. The molecule has 0 saturated carbocycles. The number of hydrogen-bond acceptors (Lipinski definition) is 4. The van der Waals surface area contributed by atoms with Crippen LogP contribution in [0, 0.1) is 0 Å². The summed E-state index contributed by atoms with van der Waals surface area (Å²) in [4.78, 5) is 15.7. The molecule has 0 aromatic heterocycles. The second-order valence-electron chi connectivity index (χ2n) is 6.23. The van der Waals surface area contributed by atoms with Crippen LogP contribution in [-0.2, 0) is 21.0 Å². The first-order valence-corrected chi connectivity index (χ1v) is 9.16. The molecule has 0 aliphatic carbocycles. The maximum Gasteiger partial charge on any atom is 0.353 e. The normalized spacial score (nSPS) is 16.2. The molecule has 0 spiro atoms. The number of carbonyl (C=O) groups is 1. The molecule has 1 aliphatic heterocycles. The van der Waals surface area contributed by atoms with Crippen LogP contribution in [0.5, 0.6) is 0 Å². The van der Waals surface area contributed by atoms with E-state index in [-0.39, 0.29) is 11.8 Å². The largest absolute Gasteiger partial charge is 0.477 e. The molecule has 1 N–H and O–H groups in total. The number of nitrogens with zero attached hydrogens (tertiary/aromatic N) is 1. The Balaban J connectivity index is 0.000000293. The number of carboxylic acids is 1. The van der Waals surface area contributed by atoms with E-state index in [9.17, 15) is 4.79 Å². The number of benzene rings is 1. The number of hydrogen-bond donors (Lipinski definition) is 1. The van der Waals surface area contributed by atoms with E-state index in [2.05, 4.69) is 12.1 Å². The molecule has 0 radical (unpaired) electrons. The van der Waals surface area contributed by atoms with Crippen molar-refractivity contribution in [1.29, 1.82) is 0 Å². The number of unbranched alkanes of at least 4 members (excludes halogenated alkanes) is 4. The molecule has 1 aromatic carbocycles. The topological polar surface area (TPSA) is 68.1 Å². The molecule has 1 aliphatic rings. The summed E-state index contributed by atoms with van der Waals surface area (Å²) >= 11 is 0. The van der Waals surface area contributed by atoms with Crippen LogP contribution in [0.25, 0.3) is 0 Å². The van der Waals surface area contributed by atoms with Gasteiger partial charge in [-0.1, -0.05) is 68.1 Å². The summed E-state index contributed by atoms with van der Waals surface area (Å²) in [6.45, 7) is 2.91. The predicted molar refractivity (Wildman–Crippen MR) is 99.7 cm³/mol. The third-order valence-corrected chi connectivity index (χ3v) is 4.05. The van der Waals surface area contributed by atoms with Crippen molar-refractivity contribution < 1.29 is 19.5 Å². The third kappa shape index (κ3) is 9.87. The van der Waals surface area contributed by atoms with Crippen molar-refractivity contribution in [2.45, 2.75) is 71.0 Å². The lowest BCUT2D eigenvalue weighted by Gasteiger charge is -2.19. The molecule has 1 atom stereocenters. The minimum atomic E-state index is -0.957. The van der Waals surface area contributed by atoms with Crippen molar-refractivity contribution in [2.75, 3.05) is 7.11 Å². The highest BCUT2D eigenvalue weighted by Crippen LogP contribution is 2.18. The van der Waals surface area contributed by atoms with E-state index in [4.69, 9.17) is 14.7 Å². The first kappa shape index (κ1) is 21.2. The molecule has 1 heterocycles. The molecular weight excluding hydrogens is 318 g/mol. The second-order valence-corrected chi connectivity index (χ2v) is 6.23. The minimum absolute atomic E-state index is 0.129. The van der Waals surface area contributed by atoms with Gasteiger partial charge in [0.05, 0.1) is 6.61 Å². The number of oxime groups is 1. The molecule has 1 unspecified atom stereocenters. The summed E-state index contributed by atoms with van der Waals surface area (Å²) in [7, 11) is 1.70. The van der Waals surface area contributed by atoms with Gasteiger partial charge in [0.25, 0.3) is 0 Å². The van der Waals surface area contributed by atoms with Gasteiger partial charge in [-0.3, -0.25) is 0 Å². The van der Waals surface area contributed by atoms with Crippen LogP contribution in [0.15, 0.2) is 35.5 Å². The molecule has 0 fully saturated rings. The van der Waals surface area contributed by atoms with E-state index in [0.29, 0.717) is 13.0 Å². The van der Waals surface area contributed by atoms with E-state index in [1.165, 1.54) is 31.2 Å². The Morgan fingerprint density at radius 1 is 1.24 bits per heavy atom. The number of rotatable bonds is 9. The third-order valence-electron chi connectivity index (χ3n) is 4.05. The highest BCUT2D eigenvalue weighted by atomic mass is 16.6. The standard InChI is InChI=1S/C12H21NO3.C8H10O/c1-2-3-4-5-6-7-10-8-9-11(12(14)15)13-16-10;1-9-7-8-5-3-2-4-6-8/h10H,2-9H2,1H3,(H,14,15);2-6H,7H2,1H3. The van der Waals surface area contributed by atoms with Gasteiger partial charge in [0, 0.05) is 13.5 Å². The lowest BCUT2D eigenvalue weighted by Crippen LogP contribution is -2.23. The van der Waals surface area contributed by atoms with E-state index >= 15 is 0 Å².